The fourth-order valence-electron chi connectivity index (χ4n) is 0.738. The third-order valence-corrected chi connectivity index (χ3v) is 1.42. The Kier molecular flexibility index (Phi) is 9.40. The molecule has 90 valence electrons. The molecule has 0 radical (unpaired) electrons. The number of rotatable bonds is 9. The average Bonchev–Trinajstić information content (AvgIpc) is 2.23. The zero-order valence-electron chi connectivity index (χ0n) is 8.85. The minimum atomic E-state index is -1.23. The number of esters is 1. The molecule has 0 saturated heterocycles. The van der Waals surface area contributed by atoms with Gasteiger partial charge in [0.25, 0.3) is 0 Å². The highest BCUT2D eigenvalue weighted by Gasteiger charge is 2.08. The van der Waals surface area contributed by atoms with Gasteiger partial charge in [-0.1, -0.05) is 6.92 Å². The smallest absolute Gasteiger partial charge is 0.307 e. The first-order valence-electron chi connectivity index (χ1n) is 4.84. The van der Waals surface area contributed by atoms with E-state index < -0.39 is 12.3 Å². The third kappa shape index (κ3) is 9.61. The largest absolute Gasteiger partial charge is 0.433 e. The molecule has 0 saturated carbocycles. The lowest BCUT2D eigenvalue weighted by Crippen LogP contribution is -2.23. The summed E-state index contributed by atoms with van der Waals surface area (Å²) in [5.41, 5.74) is 0. The lowest BCUT2D eigenvalue weighted by atomic mass is 10.5. The predicted molar refractivity (Wildman–Crippen MR) is 51.1 cm³/mol. The van der Waals surface area contributed by atoms with Crippen LogP contribution >= 0.6 is 0 Å². The van der Waals surface area contributed by atoms with Crippen molar-refractivity contribution in [2.45, 2.75) is 19.6 Å². The van der Waals surface area contributed by atoms with Gasteiger partial charge in [-0.3, -0.25) is 4.79 Å². The molecule has 6 nitrogen and oxygen atoms in total. The van der Waals surface area contributed by atoms with Crippen molar-refractivity contribution in [1.29, 1.82) is 0 Å². The van der Waals surface area contributed by atoms with Crippen molar-refractivity contribution in [3.05, 3.63) is 0 Å². The molecule has 0 rings (SSSR count). The Bertz CT molecular complexity index is 161. The normalized spacial score (nSPS) is 12.5. The number of carbonyl (C=O) groups excluding carboxylic acids is 1. The molecule has 6 heteroatoms. The predicted octanol–water partition coefficient (Wildman–Crippen LogP) is -0.717. The Morgan fingerprint density at radius 1 is 1.27 bits per heavy atom. The molecule has 0 aromatic carbocycles. The number of hydrogen-bond donors (Lipinski definition) is 2. The van der Waals surface area contributed by atoms with E-state index in [1.54, 1.807) is 6.92 Å². The number of hydrogen-bond acceptors (Lipinski definition) is 6. The second-order valence-corrected chi connectivity index (χ2v) is 2.71. The van der Waals surface area contributed by atoms with Gasteiger partial charge >= 0.3 is 5.97 Å². The number of aliphatic hydroxyl groups is 2. The fraction of sp³-hybridized carbons (Fsp3) is 0.889. The van der Waals surface area contributed by atoms with Gasteiger partial charge in [-0.05, 0) is 0 Å². The minimum Gasteiger partial charge on any atom is -0.433 e. The maximum atomic E-state index is 10.7. The van der Waals surface area contributed by atoms with Crippen molar-refractivity contribution in [2.24, 2.45) is 0 Å². The first-order valence-corrected chi connectivity index (χ1v) is 4.84. The van der Waals surface area contributed by atoms with Crippen LogP contribution in [-0.2, 0) is 19.0 Å². The Hall–Kier alpha value is -0.690. The van der Waals surface area contributed by atoms with E-state index in [0.29, 0.717) is 6.61 Å². The van der Waals surface area contributed by atoms with Crippen molar-refractivity contribution in [3.8, 4) is 0 Å². The molecule has 1 atom stereocenters. The summed E-state index contributed by atoms with van der Waals surface area (Å²) < 4.78 is 14.4. The van der Waals surface area contributed by atoms with E-state index in [9.17, 15) is 4.79 Å². The van der Waals surface area contributed by atoms with Crippen LogP contribution < -0.4 is 0 Å². The molecule has 0 spiro atoms. The van der Waals surface area contributed by atoms with Crippen molar-refractivity contribution in [1.82, 2.24) is 0 Å². The van der Waals surface area contributed by atoms with Gasteiger partial charge in [0.15, 0.2) is 0 Å². The summed E-state index contributed by atoms with van der Waals surface area (Å²) in [5, 5.41) is 17.5. The summed E-state index contributed by atoms with van der Waals surface area (Å²) in [5.74, 6) is -0.470. The molecule has 1 unspecified atom stereocenters. The average molecular weight is 222 g/mol. The third-order valence-electron chi connectivity index (χ3n) is 1.42. The maximum absolute atomic E-state index is 10.7. The molecule has 0 aliphatic carbocycles. The molecule has 0 heterocycles. The highest BCUT2D eigenvalue weighted by Crippen LogP contribution is 1.92. The van der Waals surface area contributed by atoms with Gasteiger partial charge in [-0.2, -0.15) is 0 Å². The molecule has 15 heavy (non-hydrogen) atoms. The van der Waals surface area contributed by atoms with Crippen molar-refractivity contribution in [3.63, 3.8) is 0 Å². The molecule has 0 bridgehead atoms. The Labute approximate surface area is 88.7 Å². The van der Waals surface area contributed by atoms with Gasteiger partial charge in [0.05, 0.1) is 26.4 Å². The summed E-state index contributed by atoms with van der Waals surface area (Å²) in [7, 11) is 0. The molecule has 0 amide bonds. The number of aliphatic hydroxyl groups excluding tert-OH is 2. The first-order chi connectivity index (χ1) is 7.20. The Morgan fingerprint density at radius 3 is 2.53 bits per heavy atom. The zero-order valence-corrected chi connectivity index (χ0v) is 8.85. The maximum Gasteiger partial charge on any atom is 0.307 e. The van der Waals surface area contributed by atoms with Crippen LogP contribution in [0.15, 0.2) is 0 Å². The molecular weight excluding hydrogens is 204 g/mol. The van der Waals surface area contributed by atoms with Crippen LogP contribution in [-0.4, -0.2) is 55.5 Å². The highest BCUT2D eigenvalue weighted by atomic mass is 16.7. The van der Waals surface area contributed by atoms with E-state index in [4.69, 9.17) is 19.7 Å². The quantitative estimate of drug-likeness (QED) is 0.304. The summed E-state index contributed by atoms with van der Waals surface area (Å²) in [6, 6.07) is 0. The van der Waals surface area contributed by atoms with Crippen LogP contribution in [0.1, 0.15) is 13.3 Å². The second-order valence-electron chi connectivity index (χ2n) is 2.71. The molecular formula is C9H18O6. The molecule has 0 fully saturated rings. The molecule has 0 aliphatic heterocycles. The van der Waals surface area contributed by atoms with Crippen molar-refractivity contribution < 1.29 is 29.2 Å². The monoisotopic (exact) mass is 222 g/mol. The summed E-state index contributed by atoms with van der Waals surface area (Å²) in [6.07, 6.45) is -1.01. The minimum absolute atomic E-state index is 0.0310. The van der Waals surface area contributed by atoms with E-state index in [1.165, 1.54) is 0 Å². The molecule has 2 N–H and O–H groups in total. The Morgan fingerprint density at radius 2 is 1.93 bits per heavy atom. The van der Waals surface area contributed by atoms with E-state index in [2.05, 4.69) is 4.74 Å². The summed E-state index contributed by atoms with van der Waals surface area (Å²) >= 11 is 0. The van der Waals surface area contributed by atoms with E-state index >= 15 is 0 Å². The molecule has 0 aromatic rings. The fourth-order valence-corrected chi connectivity index (χ4v) is 0.738. The second kappa shape index (κ2) is 9.85. The standard InChI is InChI=1S/C9H18O6/c1-2-8(11)15-9(12)7-14-6-5-13-4-3-10/h9-10,12H,2-7H2,1H3. The van der Waals surface area contributed by atoms with Crippen molar-refractivity contribution in [2.75, 3.05) is 33.0 Å². The van der Waals surface area contributed by atoms with Crippen LogP contribution in [0.2, 0.25) is 0 Å². The van der Waals surface area contributed by atoms with E-state index in [0.717, 1.165) is 0 Å². The SMILES string of the molecule is CCC(=O)OC(O)COCCOCCO. The summed E-state index contributed by atoms with van der Waals surface area (Å²) in [6.45, 7) is 2.40. The molecule has 0 aliphatic rings. The lowest BCUT2D eigenvalue weighted by molar-refractivity contribution is -0.177. The highest BCUT2D eigenvalue weighted by molar-refractivity contribution is 5.68. The van der Waals surface area contributed by atoms with Gasteiger partial charge in [-0.25, -0.2) is 0 Å². The van der Waals surface area contributed by atoms with Gasteiger partial charge in [-0.15, -0.1) is 0 Å². The van der Waals surface area contributed by atoms with Crippen LogP contribution in [0, 0.1) is 0 Å². The van der Waals surface area contributed by atoms with Crippen molar-refractivity contribution >= 4 is 5.97 Å². The van der Waals surface area contributed by atoms with Gasteiger partial charge in [0.1, 0.15) is 6.61 Å². The number of ether oxygens (including phenoxy) is 3. The lowest BCUT2D eigenvalue weighted by Gasteiger charge is -2.11. The zero-order chi connectivity index (χ0) is 11.5. The topological polar surface area (TPSA) is 85.2 Å². The van der Waals surface area contributed by atoms with E-state index in [-0.39, 0.29) is 32.8 Å². The first kappa shape index (κ1) is 14.3. The number of carbonyl (C=O) groups is 1. The van der Waals surface area contributed by atoms with Gasteiger partial charge in [0, 0.05) is 6.42 Å². The van der Waals surface area contributed by atoms with Crippen LogP contribution in [0.5, 0.6) is 0 Å². The summed E-state index contributed by atoms with van der Waals surface area (Å²) in [4.78, 5) is 10.7. The van der Waals surface area contributed by atoms with Crippen LogP contribution in [0.3, 0.4) is 0 Å². The van der Waals surface area contributed by atoms with Gasteiger partial charge < -0.3 is 24.4 Å². The van der Waals surface area contributed by atoms with Crippen LogP contribution in [0.4, 0.5) is 0 Å². The molecule has 0 aromatic heterocycles. The Balaban J connectivity index is 3.23. The van der Waals surface area contributed by atoms with E-state index in [1.807, 2.05) is 0 Å². The van der Waals surface area contributed by atoms with Gasteiger partial charge in [0.2, 0.25) is 6.29 Å². The van der Waals surface area contributed by atoms with Crippen LogP contribution in [0.25, 0.3) is 0 Å².